The lowest BCUT2D eigenvalue weighted by atomic mass is 10.2. The molecule has 5 heteroatoms. The van der Waals surface area contributed by atoms with E-state index in [1.165, 1.54) is 11.3 Å². The van der Waals surface area contributed by atoms with Gasteiger partial charge in [-0.3, -0.25) is 0 Å². The molecule has 4 nitrogen and oxygen atoms in total. The van der Waals surface area contributed by atoms with Crippen molar-refractivity contribution in [3.8, 4) is 17.0 Å². The van der Waals surface area contributed by atoms with Gasteiger partial charge >= 0.3 is 0 Å². The van der Waals surface area contributed by atoms with Crippen molar-refractivity contribution in [1.82, 2.24) is 9.88 Å². The molecular formula is C13H15N3OS. The summed E-state index contributed by atoms with van der Waals surface area (Å²) in [5.74, 6) is 0.847. The summed E-state index contributed by atoms with van der Waals surface area (Å²) < 4.78 is 5.13. The van der Waals surface area contributed by atoms with Crippen molar-refractivity contribution >= 4 is 22.8 Å². The maximum Gasteiger partial charge on any atom is 0.211 e. The largest absolute Gasteiger partial charge is 0.497 e. The second kappa shape index (κ2) is 5.64. The van der Waals surface area contributed by atoms with Crippen molar-refractivity contribution < 1.29 is 4.74 Å². The van der Waals surface area contributed by atoms with Crippen LogP contribution in [0.1, 0.15) is 0 Å². The van der Waals surface area contributed by atoms with Crippen LogP contribution in [0.4, 0.5) is 5.13 Å². The van der Waals surface area contributed by atoms with Gasteiger partial charge in [-0.1, -0.05) is 0 Å². The van der Waals surface area contributed by atoms with E-state index in [0.29, 0.717) is 0 Å². The Kier molecular flexibility index (Phi) is 3.94. The minimum atomic E-state index is 0.759. The molecule has 2 rings (SSSR count). The lowest BCUT2D eigenvalue weighted by Crippen LogP contribution is -2.06. The molecule has 1 aromatic carbocycles. The summed E-state index contributed by atoms with van der Waals surface area (Å²) in [6.45, 7) is 0. The van der Waals surface area contributed by atoms with Crippen LogP contribution in [0.15, 0.2) is 34.6 Å². The van der Waals surface area contributed by atoms with E-state index in [-0.39, 0.29) is 0 Å². The molecule has 0 N–H and O–H groups in total. The van der Waals surface area contributed by atoms with Gasteiger partial charge in [0.1, 0.15) is 5.75 Å². The molecule has 0 aliphatic carbocycles. The predicted octanol–water partition coefficient (Wildman–Crippen LogP) is 3.04. The van der Waals surface area contributed by atoms with Gasteiger partial charge in [-0.15, -0.1) is 11.3 Å². The highest BCUT2D eigenvalue weighted by atomic mass is 32.1. The van der Waals surface area contributed by atoms with Crippen LogP contribution in [0.5, 0.6) is 5.75 Å². The van der Waals surface area contributed by atoms with Crippen LogP contribution >= 0.6 is 11.3 Å². The quantitative estimate of drug-likeness (QED) is 0.627. The molecule has 18 heavy (non-hydrogen) atoms. The Balaban J connectivity index is 2.18. The van der Waals surface area contributed by atoms with E-state index >= 15 is 0 Å². The Morgan fingerprint density at radius 1 is 1.28 bits per heavy atom. The molecular weight excluding hydrogens is 246 g/mol. The summed E-state index contributed by atoms with van der Waals surface area (Å²) in [6, 6.07) is 7.84. The molecule has 0 amide bonds. The predicted molar refractivity (Wildman–Crippen MR) is 75.9 cm³/mol. The van der Waals surface area contributed by atoms with Crippen LogP contribution < -0.4 is 4.74 Å². The highest BCUT2D eigenvalue weighted by Crippen LogP contribution is 2.27. The SMILES string of the molecule is COc1ccc(-c2csc(/N=C/N(C)C)n2)cc1. The van der Waals surface area contributed by atoms with Crippen LogP contribution in [0, 0.1) is 0 Å². The number of nitrogens with zero attached hydrogens (tertiary/aromatic N) is 3. The van der Waals surface area contributed by atoms with Gasteiger partial charge < -0.3 is 9.64 Å². The first kappa shape index (κ1) is 12.6. The third-order valence-corrected chi connectivity index (χ3v) is 3.03. The topological polar surface area (TPSA) is 37.7 Å². The van der Waals surface area contributed by atoms with Gasteiger partial charge in [0.05, 0.1) is 19.1 Å². The third kappa shape index (κ3) is 3.07. The Morgan fingerprint density at radius 2 is 2.00 bits per heavy atom. The van der Waals surface area contributed by atoms with E-state index in [1.807, 2.05) is 48.6 Å². The normalized spacial score (nSPS) is 10.8. The number of methoxy groups -OCH3 is 1. The van der Waals surface area contributed by atoms with Crippen molar-refractivity contribution in [2.75, 3.05) is 21.2 Å². The molecule has 0 fully saturated rings. The molecule has 0 radical (unpaired) electrons. The Labute approximate surface area is 111 Å². The van der Waals surface area contributed by atoms with E-state index in [4.69, 9.17) is 4.74 Å². The number of hydrogen-bond donors (Lipinski definition) is 0. The van der Waals surface area contributed by atoms with Gasteiger partial charge in [0.2, 0.25) is 5.13 Å². The van der Waals surface area contributed by atoms with Crippen LogP contribution in [0.2, 0.25) is 0 Å². The van der Waals surface area contributed by atoms with Gasteiger partial charge in [0.25, 0.3) is 0 Å². The monoisotopic (exact) mass is 261 g/mol. The van der Waals surface area contributed by atoms with Gasteiger partial charge in [0, 0.05) is 25.0 Å². The number of hydrogen-bond acceptors (Lipinski definition) is 4. The number of benzene rings is 1. The van der Waals surface area contributed by atoms with Crippen LogP contribution in [0.25, 0.3) is 11.3 Å². The molecule has 0 aliphatic heterocycles. The molecule has 2 aromatic rings. The third-order valence-electron chi connectivity index (χ3n) is 2.28. The number of aliphatic imine (C=N–C) groups is 1. The first-order valence-electron chi connectivity index (χ1n) is 5.49. The van der Waals surface area contributed by atoms with Crippen molar-refractivity contribution in [3.05, 3.63) is 29.6 Å². The molecule has 0 saturated carbocycles. The van der Waals surface area contributed by atoms with E-state index in [2.05, 4.69) is 9.98 Å². The van der Waals surface area contributed by atoms with Crippen molar-refractivity contribution in [2.45, 2.75) is 0 Å². The van der Waals surface area contributed by atoms with Crippen molar-refractivity contribution in [2.24, 2.45) is 4.99 Å². The number of rotatable bonds is 4. The molecule has 1 heterocycles. The zero-order chi connectivity index (χ0) is 13.0. The minimum Gasteiger partial charge on any atom is -0.497 e. The van der Waals surface area contributed by atoms with Crippen molar-refractivity contribution in [3.63, 3.8) is 0 Å². The zero-order valence-electron chi connectivity index (χ0n) is 10.6. The van der Waals surface area contributed by atoms with E-state index in [9.17, 15) is 0 Å². The van der Waals surface area contributed by atoms with Crippen LogP contribution in [0.3, 0.4) is 0 Å². The fraction of sp³-hybridized carbons (Fsp3) is 0.231. The molecule has 0 aliphatic rings. The lowest BCUT2D eigenvalue weighted by molar-refractivity contribution is 0.415. The van der Waals surface area contributed by atoms with Gasteiger partial charge in [-0.2, -0.15) is 0 Å². The average Bonchev–Trinajstić information content (AvgIpc) is 2.85. The summed E-state index contributed by atoms with van der Waals surface area (Å²) in [7, 11) is 5.52. The van der Waals surface area contributed by atoms with Crippen molar-refractivity contribution in [1.29, 1.82) is 0 Å². The Hall–Kier alpha value is -1.88. The zero-order valence-corrected chi connectivity index (χ0v) is 11.4. The maximum absolute atomic E-state index is 5.13. The second-order valence-electron chi connectivity index (χ2n) is 3.95. The lowest BCUT2D eigenvalue weighted by Gasteiger charge is -2.00. The first-order valence-corrected chi connectivity index (χ1v) is 6.37. The molecule has 0 atom stereocenters. The highest BCUT2D eigenvalue weighted by Gasteiger charge is 2.03. The maximum atomic E-state index is 5.13. The minimum absolute atomic E-state index is 0.759. The summed E-state index contributed by atoms with van der Waals surface area (Å²) in [5.41, 5.74) is 2.01. The first-order chi connectivity index (χ1) is 8.69. The fourth-order valence-corrected chi connectivity index (χ4v) is 2.05. The van der Waals surface area contributed by atoms with Gasteiger partial charge in [0.15, 0.2) is 0 Å². The van der Waals surface area contributed by atoms with Gasteiger partial charge in [-0.25, -0.2) is 9.98 Å². The summed E-state index contributed by atoms with van der Waals surface area (Å²) in [5, 5.41) is 2.76. The van der Waals surface area contributed by atoms with Crippen LogP contribution in [-0.4, -0.2) is 37.4 Å². The molecule has 1 aromatic heterocycles. The molecule has 0 saturated heterocycles. The Bertz CT molecular complexity index is 531. The number of ether oxygens (including phenoxy) is 1. The summed E-state index contributed by atoms with van der Waals surface area (Å²) in [4.78, 5) is 10.6. The van der Waals surface area contributed by atoms with Crippen LogP contribution in [-0.2, 0) is 0 Å². The second-order valence-corrected chi connectivity index (χ2v) is 4.79. The average molecular weight is 261 g/mol. The smallest absolute Gasteiger partial charge is 0.211 e. The number of aromatic nitrogens is 1. The fourth-order valence-electron chi connectivity index (χ4n) is 1.38. The van der Waals surface area contributed by atoms with Gasteiger partial charge in [-0.05, 0) is 24.3 Å². The summed E-state index contributed by atoms with van der Waals surface area (Å²) >= 11 is 1.53. The molecule has 0 bridgehead atoms. The van der Waals surface area contributed by atoms with E-state index < -0.39 is 0 Å². The molecule has 94 valence electrons. The number of thiazole rings is 1. The standard InChI is InChI=1S/C13H15N3OS/c1-16(2)9-14-13-15-12(8-18-13)10-4-6-11(17-3)7-5-10/h4-9H,1-3H3/b14-9+. The molecule has 0 unspecified atom stereocenters. The highest BCUT2D eigenvalue weighted by molar-refractivity contribution is 7.13. The molecule has 0 spiro atoms. The Morgan fingerprint density at radius 3 is 2.61 bits per heavy atom. The van der Waals surface area contributed by atoms with E-state index in [0.717, 1.165) is 22.1 Å². The van der Waals surface area contributed by atoms with E-state index in [1.54, 1.807) is 13.4 Å². The summed E-state index contributed by atoms with van der Waals surface area (Å²) in [6.07, 6.45) is 1.75.